The lowest BCUT2D eigenvalue weighted by Crippen LogP contribution is -2.34. The number of hydrogen-bond acceptors (Lipinski definition) is 2. The molecule has 1 aromatic heterocycles. The second-order valence-electron chi connectivity index (χ2n) is 4.91. The molecule has 2 rings (SSSR count). The normalized spacial score (nSPS) is 11.8. The van der Waals surface area contributed by atoms with Crippen LogP contribution < -0.4 is 5.32 Å². The zero-order chi connectivity index (χ0) is 13.3. The third-order valence-corrected chi connectivity index (χ3v) is 3.92. The topological polar surface area (TPSA) is 40.7 Å². The van der Waals surface area contributed by atoms with Gasteiger partial charge >= 0.3 is 0 Å². The molecule has 0 aliphatic rings. The van der Waals surface area contributed by atoms with Crippen molar-refractivity contribution in [3.05, 3.63) is 40.3 Å². The summed E-state index contributed by atoms with van der Waals surface area (Å²) in [4.78, 5) is 8.10. The molecule has 4 heteroatoms. The monoisotopic (exact) mass is 307 g/mol. The average molecular weight is 308 g/mol. The molecular formula is C14H18BrN3. The van der Waals surface area contributed by atoms with Crippen molar-refractivity contribution in [2.24, 2.45) is 0 Å². The second-order valence-corrected chi connectivity index (χ2v) is 5.77. The van der Waals surface area contributed by atoms with Crippen LogP contribution in [0.2, 0.25) is 0 Å². The summed E-state index contributed by atoms with van der Waals surface area (Å²) in [5.41, 5.74) is 3.04. The van der Waals surface area contributed by atoms with Crippen LogP contribution in [-0.4, -0.2) is 17.0 Å². The van der Waals surface area contributed by atoms with Crippen LogP contribution in [0.4, 0.5) is 0 Å². The first-order chi connectivity index (χ1) is 8.45. The molecule has 0 spiro atoms. The van der Waals surface area contributed by atoms with Crippen LogP contribution >= 0.6 is 15.9 Å². The van der Waals surface area contributed by atoms with E-state index in [2.05, 4.69) is 53.1 Å². The lowest BCUT2D eigenvalue weighted by molar-refractivity contribution is 0.420. The average Bonchev–Trinajstić information content (AvgIpc) is 2.73. The number of nitrogens with zero attached hydrogens (tertiary/aromatic N) is 1. The molecule has 2 aromatic rings. The summed E-state index contributed by atoms with van der Waals surface area (Å²) >= 11 is 3.57. The van der Waals surface area contributed by atoms with Crippen LogP contribution in [0.3, 0.4) is 0 Å². The number of nitrogens with one attached hydrogen (secondary N) is 2. The molecule has 0 unspecified atom stereocenters. The highest BCUT2D eigenvalue weighted by Gasteiger charge is 2.23. The fraction of sp³-hybridized carbons (Fsp3) is 0.357. The van der Waals surface area contributed by atoms with E-state index in [0.29, 0.717) is 0 Å². The molecule has 0 radical (unpaired) electrons. The highest BCUT2D eigenvalue weighted by atomic mass is 79.9. The van der Waals surface area contributed by atoms with Gasteiger partial charge in [-0.1, -0.05) is 34.1 Å². The molecule has 0 aliphatic carbocycles. The number of aromatic amines is 1. The van der Waals surface area contributed by atoms with Crippen LogP contribution in [-0.2, 0) is 5.54 Å². The van der Waals surface area contributed by atoms with Crippen molar-refractivity contribution in [3.63, 3.8) is 0 Å². The first-order valence-electron chi connectivity index (χ1n) is 5.96. The fourth-order valence-corrected chi connectivity index (χ4v) is 2.26. The van der Waals surface area contributed by atoms with Crippen molar-refractivity contribution >= 4 is 15.9 Å². The van der Waals surface area contributed by atoms with Crippen LogP contribution in [0.5, 0.6) is 0 Å². The maximum atomic E-state index is 4.74. The predicted octanol–water partition coefficient (Wildman–Crippen LogP) is 3.60. The van der Waals surface area contributed by atoms with E-state index < -0.39 is 0 Å². The Morgan fingerprint density at radius 2 is 1.94 bits per heavy atom. The molecule has 1 heterocycles. The van der Waals surface area contributed by atoms with E-state index >= 15 is 0 Å². The van der Waals surface area contributed by atoms with Gasteiger partial charge in [-0.2, -0.15) is 0 Å². The minimum Gasteiger partial charge on any atom is -0.344 e. The van der Waals surface area contributed by atoms with E-state index in [9.17, 15) is 0 Å². The lowest BCUT2D eigenvalue weighted by atomic mass is 10.1. The zero-order valence-electron chi connectivity index (χ0n) is 11.1. The quantitative estimate of drug-likeness (QED) is 0.909. The Morgan fingerprint density at radius 1 is 1.28 bits per heavy atom. The van der Waals surface area contributed by atoms with Gasteiger partial charge in [0.1, 0.15) is 5.82 Å². The SMILES string of the molecule is CNC(C)(C)c1nc(-c2ccccc2Br)c(C)[nH]1. The van der Waals surface area contributed by atoms with Gasteiger partial charge in [-0.15, -0.1) is 0 Å². The van der Waals surface area contributed by atoms with Gasteiger partial charge in [-0.05, 0) is 33.9 Å². The number of rotatable bonds is 3. The summed E-state index contributed by atoms with van der Waals surface area (Å²) in [5.74, 6) is 0.952. The van der Waals surface area contributed by atoms with E-state index in [1.54, 1.807) is 0 Å². The van der Waals surface area contributed by atoms with Gasteiger partial charge in [0.15, 0.2) is 0 Å². The molecule has 0 saturated heterocycles. The lowest BCUT2D eigenvalue weighted by Gasteiger charge is -2.20. The van der Waals surface area contributed by atoms with Gasteiger partial charge in [0, 0.05) is 15.7 Å². The van der Waals surface area contributed by atoms with Gasteiger partial charge in [-0.3, -0.25) is 0 Å². The van der Waals surface area contributed by atoms with Crippen molar-refractivity contribution in [1.29, 1.82) is 0 Å². The summed E-state index contributed by atoms with van der Waals surface area (Å²) in [6.45, 7) is 6.27. The second kappa shape index (κ2) is 4.86. The third-order valence-electron chi connectivity index (χ3n) is 3.23. The van der Waals surface area contributed by atoms with Crippen LogP contribution in [0.1, 0.15) is 25.4 Å². The third kappa shape index (κ3) is 2.35. The molecule has 0 aliphatic heterocycles. The summed E-state index contributed by atoms with van der Waals surface area (Å²) < 4.78 is 1.06. The standard InChI is InChI=1S/C14H18BrN3/c1-9-12(10-7-5-6-8-11(10)15)18-13(17-9)14(2,3)16-4/h5-8,16H,1-4H3,(H,17,18). The highest BCUT2D eigenvalue weighted by Crippen LogP contribution is 2.30. The minimum atomic E-state index is -0.162. The van der Waals surface area contributed by atoms with Crippen molar-refractivity contribution in [2.45, 2.75) is 26.3 Å². The summed E-state index contributed by atoms with van der Waals surface area (Å²) in [6, 6.07) is 8.14. The Hall–Kier alpha value is -1.13. The number of imidazole rings is 1. The minimum absolute atomic E-state index is 0.162. The molecule has 18 heavy (non-hydrogen) atoms. The molecule has 0 bridgehead atoms. The fourth-order valence-electron chi connectivity index (χ4n) is 1.79. The molecule has 0 fully saturated rings. The zero-order valence-corrected chi connectivity index (χ0v) is 12.7. The van der Waals surface area contributed by atoms with Gasteiger partial charge in [0.2, 0.25) is 0 Å². The highest BCUT2D eigenvalue weighted by molar-refractivity contribution is 9.10. The number of benzene rings is 1. The number of H-pyrrole nitrogens is 1. The Bertz CT molecular complexity index is 558. The van der Waals surface area contributed by atoms with Crippen LogP contribution in [0.25, 0.3) is 11.3 Å². The van der Waals surface area contributed by atoms with Gasteiger partial charge < -0.3 is 10.3 Å². The maximum absolute atomic E-state index is 4.74. The van der Waals surface area contributed by atoms with Crippen LogP contribution in [0, 0.1) is 6.92 Å². The maximum Gasteiger partial charge on any atom is 0.126 e. The molecule has 3 nitrogen and oxygen atoms in total. The Kier molecular flexibility index (Phi) is 3.59. The molecule has 1 aromatic carbocycles. The summed E-state index contributed by atoms with van der Waals surface area (Å²) in [5, 5.41) is 3.26. The molecule has 96 valence electrons. The van der Waals surface area contributed by atoms with E-state index in [1.165, 1.54) is 0 Å². The van der Waals surface area contributed by atoms with Gasteiger partial charge in [-0.25, -0.2) is 4.98 Å². The van der Waals surface area contributed by atoms with Gasteiger partial charge in [0.25, 0.3) is 0 Å². The van der Waals surface area contributed by atoms with Gasteiger partial charge in [0.05, 0.1) is 11.2 Å². The van der Waals surface area contributed by atoms with Crippen LogP contribution in [0.15, 0.2) is 28.7 Å². The number of halogens is 1. The Labute approximate surface area is 116 Å². The van der Waals surface area contributed by atoms with Crippen molar-refractivity contribution in [2.75, 3.05) is 7.05 Å². The molecule has 2 N–H and O–H groups in total. The number of aromatic nitrogens is 2. The first kappa shape index (κ1) is 13.3. The number of hydrogen-bond donors (Lipinski definition) is 2. The molecule has 0 saturated carbocycles. The van der Waals surface area contributed by atoms with E-state index in [-0.39, 0.29) is 5.54 Å². The largest absolute Gasteiger partial charge is 0.344 e. The smallest absolute Gasteiger partial charge is 0.126 e. The Balaban J connectivity index is 2.52. The van der Waals surface area contributed by atoms with E-state index in [1.807, 2.05) is 25.2 Å². The molecule has 0 amide bonds. The predicted molar refractivity (Wildman–Crippen MR) is 78.5 cm³/mol. The summed E-state index contributed by atoms with van der Waals surface area (Å²) in [7, 11) is 1.94. The van der Waals surface area contributed by atoms with Crippen molar-refractivity contribution in [1.82, 2.24) is 15.3 Å². The van der Waals surface area contributed by atoms with E-state index in [4.69, 9.17) is 4.98 Å². The summed E-state index contributed by atoms with van der Waals surface area (Å²) in [6.07, 6.45) is 0. The molecular weight excluding hydrogens is 290 g/mol. The molecule has 0 atom stereocenters. The van der Waals surface area contributed by atoms with E-state index in [0.717, 1.165) is 27.2 Å². The van der Waals surface area contributed by atoms with Crippen molar-refractivity contribution in [3.8, 4) is 11.3 Å². The first-order valence-corrected chi connectivity index (χ1v) is 6.76. The van der Waals surface area contributed by atoms with Crippen molar-refractivity contribution < 1.29 is 0 Å². The number of aryl methyl sites for hydroxylation is 1. The Morgan fingerprint density at radius 3 is 2.56 bits per heavy atom.